The maximum Gasteiger partial charge on any atom is 0.312 e. The molecule has 1 aliphatic heterocycles. The normalized spacial score (nSPS) is 22.9. The molecule has 1 N–H and O–H groups in total. The lowest BCUT2D eigenvalue weighted by atomic mass is 9.77. The van der Waals surface area contributed by atoms with Gasteiger partial charge in [0.05, 0.1) is 55.8 Å². The zero-order valence-electron chi connectivity index (χ0n) is 33.3. The van der Waals surface area contributed by atoms with Crippen LogP contribution in [0.3, 0.4) is 0 Å². The number of hydrogen-bond acceptors (Lipinski definition) is 12. The number of halogens is 1. The van der Waals surface area contributed by atoms with E-state index in [-0.39, 0.29) is 55.6 Å². The lowest BCUT2D eigenvalue weighted by Gasteiger charge is -2.35. The third-order valence-corrected chi connectivity index (χ3v) is 12.4. The predicted octanol–water partition coefficient (Wildman–Crippen LogP) is 8.05. The molecule has 3 fully saturated rings. The van der Waals surface area contributed by atoms with E-state index in [9.17, 15) is 19.2 Å². The van der Waals surface area contributed by atoms with Crippen molar-refractivity contribution >= 4 is 62.6 Å². The SMILES string of the molecule is C=C[C@@H]1C[C@]1(CC(=O)[C@@H]1C[C@@H](Oc2cc(-c3csc(NC(C)C)n3)nc3c(Cl)c(OC)ccc23)CN1C(=O)[C@@H](CC(=O)OC1CCCC1)C(C)(C)C)C(=O)OC. The number of fused-ring (bicyclic) bond motifs is 1. The number of allylic oxidation sites excluding steroid dienone is 1. The topological polar surface area (TPSA) is 146 Å². The molecular formula is C42H53ClN4O8S. The molecule has 6 rings (SSSR count). The van der Waals surface area contributed by atoms with Gasteiger partial charge in [-0.25, -0.2) is 9.97 Å². The first-order chi connectivity index (χ1) is 26.6. The molecular weight excluding hydrogens is 756 g/mol. The number of Topliss-reactive ketones (excluding diaryl/α,β-unsaturated/α-hetero) is 1. The second-order valence-electron chi connectivity index (χ2n) is 16.7. The van der Waals surface area contributed by atoms with Crippen LogP contribution < -0.4 is 14.8 Å². The largest absolute Gasteiger partial charge is 0.495 e. The highest BCUT2D eigenvalue weighted by atomic mass is 35.5. The first kappa shape index (κ1) is 41.4. The number of nitrogens with zero attached hydrogens (tertiary/aromatic N) is 3. The zero-order valence-corrected chi connectivity index (χ0v) is 34.9. The fraction of sp³-hybridized carbons (Fsp3) is 0.571. The summed E-state index contributed by atoms with van der Waals surface area (Å²) < 4.78 is 23.2. The molecule has 3 aromatic rings. The second-order valence-corrected chi connectivity index (χ2v) is 17.9. The molecule has 12 nitrogen and oxygen atoms in total. The molecule has 14 heteroatoms. The Morgan fingerprint density at radius 3 is 2.45 bits per heavy atom. The van der Waals surface area contributed by atoms with E-state index in [4.69, 9.17) is 40.5 Å². The van der Waals surface area contributed by atoms with E-state index in [0.717, 1.165) is 30.8 Å². The Morgan fingerprint density at radius 1 is 1.09 bits per heavy atom. The quantitative estimate of drug-likeness (QED) is 0.118. The molecule has 56 heavy (non-hydrogen) atoms. The van der Waals surface area contributed by atoms with E-state index in [1.165, 1.54) is 25.6 Å². The van der Waals surface area contributed by atoms with E-state index < -0.39 is 40.8 Å². The molecule has 0 spiro atoms. The van der Waals surface area contributed by atoms with E-state index in [1.54, 1.807) is 23.1 Å². The number of aromatic nitrogens is 2. The molecule has 302 valence electrons. The number of nitrogens with one attached hydrogen (secondary N) is 1. The molecule has 0 bridgehead atoms. The van der Waals surface area contributed by atoms with Crippen LogP contribution in [0.15, 0.2) is 36.2 Å². The number of pyridine rings is 1. The summed E-state index contributed by atoms with van der Waals surface area (Å²) in [7, 11) is 2.84. The van der Waals surface area contributed by atoms with Crippen molar-refractivity contribution in [3.63, 3.8) is 0 Å². The number of hydrogen-bond donors (Lipinski definition) is 1. The maximum absolute atomic E-state index is 14.8. The summed E-state index contributed by atoms with van der Waals surface area (Å²) in [6.07, 6.45) is 4.90. The number of ether oxygens (including phenoxy) is 4. The Bertz CT molecular complexity index is 1990. The van der Waals surface area contributed by atoms with Crippen LogP contribution in [0, 0.1) is 22.7 Å². The average molecular weight is 809 g/mol. The molecule has 2 aromatic heterocycles. The number of anilines is 1. The zero-order chi connectivity index (χ0) is 40.5. The fourth-order valence-corrected chi connectivity index (χ4v) is 9.20. The monoisotopic (exact) mass is 808 g/mol. The number of amides is 1. The summed E-state index contributed by atoms with van der Waals surface area (Å²) in [4.78, 5) is 66.7. The van der Waals surface area contributed by atoms with Gasteiger partial charge in [0.1, 0.15) is 34.4 Å². The van der Waals surface area contributed by atoms with E-state index in [1.807, 2.05) is 46.1 Å². The molecule has 1 saturated heterocycles. The number of likely N-dealkylation sites (tertiary alicyclic amines) is 1. The summed E-state index contributed by atoms with van der Waals surface area (Å²) in [5, 5.41) is 6.87. The van der Waals surface area contributed by atoms with Gasteiger partial charge in [0.2, 0.25) is 5.91 Å². The summed E-state index contributed by atoms with van der Waals surface area (Å²) in [5.74, 6) is -1.62. The Morgan fingerprint density at radius 2 is 1.82 bits per heavy atom. The van der Waals surface area contributed by atoms with Gasteiger partial charge in [-0.15, -0.1) is 17.9 Å². The number of methoxy groups -OCH3 is 2. The lowest BCUT2D eigenvalue weighted by Crippen LogP contribution is -2.48. The van der Waals surface area contributed by atoms with Crippen molar-refractivity contribution < 1.29 is 38.1 Å². The fourth-order valence-electron chi connectivity index (χ4n) is 8.07. The lowest BCUT2D eigenvalue weighted by molar-refractivity contribution is -0.156. The number of carbonyl (C=O) groups excluding carboxylic acids is 4. The van der Waals surface area contributed by atoms with Crippen LogP contribution in [0.5, 0.6) is 11.5 Å². The van der Waals surface area contributed by atoms with Gasteiger partial charge in [0, 0.05) is 35.7 Å². The predicted molar refractivity (Wildman–Crippen MR) is 216 cm³/mol. The van der Waals surface area contributed by atoms with Crippen molar-refractivity contribution in [2.75, 3.05) is 26.1 Å². The van der Waals surface area contributed by atoms with Gasteiger partial charge in [0.25, 0.3) is 0 Å². The molecule has 2 saturated carbocycles. The van der Waals surface area contributed by atoms with Crippen LogP contribution in [0.4, 0.5) is 5.13 Å². The van der Waals surface area contributed by atoms with Gasteiger partial charge in [-0.2, -0.15) is 0 Å². The third-order valence-electron chi connectivity index (χ3n) is 11.3. The molecule has 0 unspecified atom stereocenters. The highest BCUT2D eigenvalue weighted by molar-refractivity contribution is 7.14. The van der Waals surface area contributed by atoms with Crippen LogP contribution in [0.2, 0.25) is 5.02 Å². The van der Waals surface area contributed by atoms with Crippen molar-refractivity contribution in [2.24, 2.45) is 22.7 Å². The minimum Gasteiger partial charge on any atom is -0.495 e. The summed E-state index contributed by atoms with van der Waals surface area (Å²) in [6.45, 7) is 13.7. The van der Waals surface area contributed by atoms with Gasteiger partial charge >= 0.3 is 11.9 Å². The van der Waals surface area contributed by atoms with Crippen molar-refractivity contribution in [3.8, 4) is 22.9 Å². The standard InChI is InChI=1S/C42H53ClN4O8S/c1-9-24-19-42(24,39(51)53-8)20-32(48)31-16-26(21-47(31)38(50)28(41(4,5)6)17-35(49)55-25-12-10-11-13-25)54-34-18-29(30-22-56-40(46-30)44-23(2)3)45-37-27(34)14-15-33(52-7)36(37)43/h9,14-15,18,22-26,28,31H,1,10-13,16-17,19-21H2,2-8H3,(H,44,46)/t24-,26-,28-,31+,42-/m1/s1. The van der Waals surface area contributed by atoms with Gasteiger partial charge in [-0.1, -0.05) is 38.4 Å². The van der Waals surface area contributed by atoms with E-state index in [0.29, 0.717) is 45.2 Å². The average Bonchev–Trinajstić information content (AvgIpc) is 3.57. The molecule has 5 atom stereocenters. The Hall–Kier alpha value is -4.23. The summed E-state index contributed by atoms with van der Waals surface area (Å²) >= 11 is 8.29. The van der Waals surface area contributed by atoms with Crippen molar-refractivity contribution in [1.29, 1.82) is 0 Å². The smallest absolute Gasteiger partial charge is 0.312 e. The van der Waals surface area contributed by atoms with Gasteiger partial charge < -0.3 is 29.2 Å². The van der Waals surface area contributed by atoms with Crippen LogP contribution in [0.1, 0.15) is 86.0 Å². The number of benzene rings is 1. The van der Waals surface area contributed by atoms with Crippen molar-refractivity contribution in [1.82, 2.24) is 14.9 Å². The number of carbonyl (C=O) groups is 4. The molecule has 2 aliphatic carbocycles. The number of rotatable bonds is 15. The molecule has 1 aromatic carbocycles. The third kappa shape index (κ3) is 8.68. The second kappa shape index (κ2) is 16.7. The molecule has 0 radical (unpaired) electrons. The highest BCUT2D eigenvalue weighted by Crippen LogP contribution is 2.57. The molecule has 3 heterocycles. The van der Waals surface area contributed by atoms with Gasteiger partial charge in [0.15, 0.2) is 10.9 Å². The van der Waals surface area contributed by atoms with Gasteiger partial charge in [-0.3, -0.25) is 19.2 Å². The summed E-state index contributed by atoms with van der Waals surface area (Å²) in [5.41, 5.74) is -0.0857. The Balaban J connectivity index is 1.35. The van der Waals surface area contributed by atoms with Crippen LogP contribution in [-0.2, 0) is 28.7 Å². The maximum atomic E-state index is 14.8. The molecule has 1 amide bonds. The molecule has 3 aliphatic rings. The summed E-state index contributed by atoms with van der Waals surface area (Å²) in [6, 6.07) is 4.60. The van der Waals surface area contributed by atoms with E-state index >= 15 is 0 Å². The number of thiazole rings is 1. The highest BCUT2D eigenvalue weighted by Gasteiger charge is 2.61. The van der Waals surface area contributed by atoms with Crippen molar-refractivity contribution in [3.05, 3.63) is 41.3 Å². The number of esters is 2. The van der Waals surface area contributed by atoms with Crippen molar-refractivity contribution in [2.45, 2.75) is 110 Å². The number of ketones is 1. The Kier molecular flexibility index (Phi) is 12.4. The first-order valence-electron chi connectivity index (χ1n) is 19.4. The minimum atomic E-state index is -1.03. The van der Waals surface area contributed by atoms with Crippen LogP contribution in [0.25, 0.3) is 22.3 Å². The van der Waals surface area contributed by atoms with E-state index in [2.05, 4.69) is 11.9 Å². The first-order valence-corrected chi connectivity index (χ1v) is 20.6. The van der Waals surface area contributed by atoms with Gasteiger partial charge in [-0.05, 0) is 69.4 Å². The Labute approximate surface area is 337 Å². The minimum absolute atomic E-state index is 0.0673. The van der Waals surface area contributed by atoms with Crippen LogP contribution in [-0.4, -0.2) is 83.6 Å². The van der Waals surface area contributed by atoms with Crippen LogP contribution >= 0.6 is 22.9 Å².